The molecule has 0 amide bonds. The molecule has 2 atom stereocenters. The first-order chi connectivity index (χ1) is 7.79. The maximum Gasteiger partial charge on any atom is 0.0931 e. The first-order valence-corrected chi connectivity index (χ1v) is 7.05. The molecule has 4 heteroatoms. The number of nitrogens with one attached hydrogen (secondary N) is 1. The van der Waals surface area contributed by atoms with Gasteiger partial charge in [0, 0.05) is 24.1 Å². The molecule has 1 aromatic rings. The van der Waals surface area contributed by atoms with Gasteiger partial charge in [0.25, 0.3) is 0 Å². The zero-order valence-corrected chi connectivity index (χ0v) is 11.1. The zero-order valence-electron chi connectivity index (χ0n) is 9.54. The zero-order chi connectivity index (χ0) is 11.4. The van der Waals surface area contributed by atoms with Gasteiger partial charge in [0.05, 0.1) is 10.9 Å². The van der Waals surface area contributed by atoms with Crippen LogP contribution < -0.4 is 5.32 Å². The average molecular weight is 260 g/mol. The Bertz CT molecular complexity index is 323. The van der Waals surface area contributed by atoms with E-state index in [0.717, 1.165) is 30.5 Å². The quantitative estimate of drug-likeness (QED) is 0.874. The van der Waals surface area contributed by atoms with Gasteiger partial charge in [0.2, 0.25) is 0 Å². The molecule has 0 spiro atoms. The summed E-state index contributed by atoms with van der Waals surface area (Å²) in [5, 5.41) is 3.61. The second-order valence-electron chi connectivity index (χ2n) is 4.24. The minimum atomic E-state index is 0.443. The van der Waals surface area contributed by atoms with Crippen LogP contribution in [0.3, 0.4) is 0 Å². The third-order valence-electron chi connectivity index (χ3n) is 3.02. The number of hydrogen-bond acceptors (Lipinski definition) is 3. The van der Waals surface area contributed by atoms with E-state index >= 15 is 0 Å². The maximum atomic E-state index is 5.96. The molecule has 1 aliphatic heterocycles. The average Bonchev–Trinajstić information content (AvgIpc) is 2.91. The van der Waals surface area contributed by atoms with E-state index in [0.29, 0.717) is 12.0 Å². The van der Waals surface area contributed by atoms with Crippen molar-refractivity contribution in [3.05, 3.63) is 21.3 Å². The smallest absolute Gasteiger partial charge is 0.0931 e. The van der Waals surface area contributed by atoms with E-state index in [1.165, 1.54) is 11.3 Å². The Morgan fingerprint density at radius 1 is 1.62 bits per heavy atom. The van der Waals surface area contributed by atoms with E-state index < -0.39 is 0 Å². The van der Waals surface area contributed by atoms with Gasteiger partial charge in [-0.3, -0.25) is 0 Å². The Morgan fingerprint density at radius 2 is 2.50 bits per heavy atom. The number of halogens is 1. The van der Waals surface area contributed by atoms with E-state index in [-0.39, 0.29) is 0 Å². The van der Waals surface area contributed by atoms with Gasteiger partial charge in [-0.15, -0.1) is 11.3 Å². The van der Waals surface area contributed by atoms with Crippen LogP contribution in [0, 0.1) is 5.92 Å². The summed E-state index contributed by atoms with van der Waals surface area (Å²) in [6, 6.07) is 4.54. The van der Waals surface area contributed by atoms with E-state index in [9.17, 15) is 0 Å². The monoisotopic (exact) mass is 259 g/mol. The van der Waals surface area contributed by atoms with Gasteiger partial charge in [0.15, 0.2) is 0 Å². The topological polar surface area (TPSA) is 21.3 Å². The largest absolute Gasteiger partial charge is 0.381 e. The van der Waals surface area contributed by atoms with Gasteiger partial charge in [-0.05, 0) is 30.9 Å². The molecule has 1 fully saturated rings. The fourth-order valence-electron chi connectivity index (χ4n) is 2.01. The molecule has 90 valence electrons. The van der Waals surface area contributed by atoms with Crippen LogP contribution in [0.2, 0.25) is 4.34 Å². The Hall–Kier alpha value is -0.0900. The first-order valence-electron chi connectivity index (χ1n) is 5.86. The van der Waals surface area contributed by atoms with E-state index in [2.05, 4.69) is 18.3 Å². The van der Waals surface area contributed by atoms with Crippen LogP contribution in [-0.2, 0) is 4.74 Å². The highest BCUT2D eigenvalue weighted by atomic mass is 35.5. The second kappa shape index (κ2) is 6.01. The fourth-order valence-corrected chi connectivity index (χ4v) is 3.23. The molecule has 0 aromatic carbocycles. The predicted octanol–water partition coefficient (Wildman–Crippen LogP) is 3.48. The standard InChI is InChI=1S/C12H18ClNOS/c1-2-10(11-3-4-12(13)16-11)14-7-9-5-6-15-8-9/h3-4,9-10,14H,2,5-8H2,1H3. The molecule has 0 aliphatic carbocycles. The van der Waals surface area contributed by atoms with Crippen LogP contribution in [0.15, 0.2) is 12.1 Å². The van der Waals surface area contributed by atoms with Crippen molar-refractivity contribution in [3.63, 3.8) is 0 Å². The van der Waals surface area contributed by atoms with E-state index in [1.54, 1.807) is 11.3 Å². The van der Waals surface area contributed by atoms with Gasteiger partial charge < -0.3 is 10.1 Å². The highest BCUT2D eigenvalue weighted by Crippen LogP contribution is 2.28. The van der Waals surface area contributed by atoms with E-state index in [4.69, 9.17) is 16.3 Å². The lowest BCUT2D eigenvalue weighted by atomic mass is 10.1. The molecule has 1 saturated heterocycles. The van der Waals surface area contributed by atoms with Crippen LogP contribution in [0.25, 0.3) is 0 Å². The summed E-state index contributed by atoms with van der Waals surface area (Å²) >= 11 is 7.63. The third-order valence-corrected chi connectivity index (χ3v) is 4.37. The molecule has 2 unspecified atom stereocenters. The Morgan fingerprint density at radius 3 is 3.06 bits per heavy atom. The summed E-state index contributed by atoms with van der Waals surface area (Å²) in [5.41, 5.74) is 0. The molecule has 2 rings (SSSR count). The van der Waals surface area contributed by atoms with Crippen molar-refractivity contribution < 1.29 is 4.74 Å². The van der Waals surface area contributed by atoms with Crippen LogP contribution in [-0.4, -0.2) is 19.8 Å². The summed E-state index contributed by atoms with van der Waals surface area (Å²) in [6.07, 6.45) is 2.29. The van der Waals surface area contributed by atoms with Crippen molar-refractivity contribution in [3.8, 4) is 0 Å². The molecule has 2 nitrogen and oxygen atoms in total. The number of hydrogen-bond donors (Lipinski definition) is 1. The van der Waals surface area contributed by atoms with Gasteiger partial charge in [-0.25, -0.2) is 0 Å². The van der Waals surface area contributed by atoms with Gasteiger partial charge in [-0.2, -0.15) is 0 Å². The predicted molar refractivity (Wildman–Crippen MR) is 69.3 cm³/mol. The minimum Gasteiger partial charge on any atom is -0.381 e. The lowest BCUT2D eigenvalue weighted by molar-refractivity contribution is 0.184. The maximum absolute atomic E-state index is 5.96. The van der Waals surface area contributed by atoms with Crippen molar-refractivity contribution in [2.24, 2.45) is 5.92 Å². The molecular weight excluding hydrogens is 242 g/mol. The van der Waals surface area contributed by atoms with Crippen molar-refractivity contribution in [1.29, 1.82) is 0 Å². The normalized spacial score (nSPS) is 22.5. The number of ether oxygens (including phenoxy) is 1. The molecule has 1 aliphatic rings. The second-order valence-corrected chi connectivity index (χ2v) is 5.99. The highest BCUT2D eigenvalue weighted by Gasteiger charge is 2.18. The fraction of sp³-hybridized carbons (Fsp3) is 0.667. The number of thiophene rings is 1. The summed E-state index contributed by atoms with van der Waals surface area (Å²) in [5.74, 6) is 0.685. The highest BCUT2D eigenvalue weighted by molar-refractivity contribution is 7.16. The van der Waals surface area contributed by atoms with Gasteiger partial charge in [0.1, 0.15) is 0 Å². The van der Waals surface area contributed by atoms with Crippen LogP contribution >= 0.6 is 22.9 Å². The molecular formula is C12H18ClNOS. The molecule has 1 N–H and O–H groups in total. The van der Waals surface area contributed by atoms with Crippen molar-refractivity contribution in [2.75, 3.05) is 19.8 Å². The molecule has 0 saturated carbocycles. The third kappa shape index (κ3) is 3.20. The van der Waals surface area contributed by atoms with E-state index in [1.807, 2.05) is 6.07 Å². The van der Waals surface area contributed by atoms with Crippen LogP contribution in [0.4, 0.5) is 0 Å². The molecule has 16 heavy (non-hydrogen) atoms. The van der Waals surface area contributed by atoms with Crippen molar-refractivity contribution >= 4 is 22.9 Å². The Labute approximate surface area is 106 Å². The van der Waals surface area contributed by atoms with Crippen LogP contribution in [0.5, 0.6) is 0 Å². The van der Waals surface area contributed by atoms with Crippen molar-refractivity contribution in [2.45, 2.75) is 25.8 Å². The van der Waals surface area contributed by atoms with Crippen LogP contribution in [0.1, 0.15) is 30.7 Å². The summed E-state index contributed by atoms with van der Waals surface area (Å²) in [4.78, 5) is 1.34. The summed E-state index contributed by atoms with van der Waals surface area (Å²) in [7, 11) is 0. The number of rotatable bonds is 5. The van der Waals surface area contributed by atoms with Gasteiger partial charge >= 0.3 is 0 Å². The Balaban J connectivity index is 1.85. The molecule has 1 aromatic heterocycles. The minimum absolute atomic E-state index is 0.443. The van der Waals surface area contributed by atoms with Gasteiger partial charge in [-0.1, -0.05) is 18.5 Å². The molecule has 0 radical (unpaired) electrons. The molecule has 0 bridgehead atoms. The Kier molecular flexibility index (Phi) is 4.65. The first kappa shape index (κ1) is 12.4. The lowest BCUT2D eigenvalue weighted by Gasteiger charge is -2.17. The summed E-state index contributed by atoms with van der Waals surface area (Å²) < 4.78 is 6.25. The summed E-state index contributed by atoms with van der Waals surface area (Å²) in [6.45, 7) is 5.09. The SMILES string of the molecule is CCC(NCC1CCOC1)c1ccc(Cl)s1. The molecule has 2 heterocycles. The lowest BCUT2D eigenvalue weighted by Crippen LogP contribution is -2.26. The van der Waals surface area contributed by atoms with Crippen molar-refractivity contribution in [1.82, 2.24) is 5.32 Å².